The Bertz CT molecular complexity index is 1210. The summed E-state index contributed by atoms with van der Waals surface area (Å²) in [6.45, 7) is 2.79. The average molecular weight is 464 g/mol. The number of nitrogens with zero attached hydrogens (tertiary/aromatic N) is 4. The van der Waals surface area contributed by atoms with Crippen molar-refractivity contribution in [2.24, 2.45) is 0 Å². The van der Waals surface area contributed by atoms with Gasteiger partial charge in [-0.3, -0.25) is 0 Å². The van der Waals surface area contributed by atoms with Gasteiger partial charge in [0.2, 0.25) is 0 Å². The Balaban J connectivity index is 1.43. The van der Waals surface area contributed by atoms with Gasteiger partial charge in [-0.05, 0) is 49.4 Å². The van der Waals surface area contributed by atoms with Crippen LogP contribution in [0.2, 0.25) is 5.02 Å². The number of anilines is 1. The lowest BCUT2D eigenvalue weighted by Gasteiger charge is -2.19. The Morgan fingerprint density at radius 1 is 1.16 bits per heavy atom. The van der Waals surface area contributed by atoms with E-state index < -0.39 is 0 Å². The molecule has 0 radical (unpaired) electrons. The summed E-state index contributed by atoms with van der Waals surface area (Å²) in [6.07, 6.45) is 5.00. The number of nitrogens with one attached hydrogen (secondary N) is 1. The van der Waals surface area contributed by atoms with Crippen molar-refractivity contribution in [1.29, 1.82) is 0 Å². The Morgan fingerprint density at radius 2 is 1.94 bits per heavy atom. The van der Waals surface area contributed by atoms with Gasteiger partial charge in [0, 0.05) is 40.8 Å². The van der Waals surface area contributed by atoms with Crippen LogP contribution in [0, 0.1) is 0 Å². The summed E-state index contributed by atoms with van der Waals surface area (Å²) < 4.78 is 1.87. The van der Waals surface area contributed by atoms with Crippen LogP contribution in [-0.2, 0) is 6.54 Å². The van der Waals surface area contributed by atoms with E-state index in [2.05, 4.69) is 52.9 Å². The molecule has 5 nitrogen and oxygen atoms in total. The van der Waals surface area contributed by atoms with Crippen molar-refractivity contribution in [3.63, 3.8) is 0 Å². The minimum atomic E-state index is 0.694. The molecular formula is C24H27BClN5S. The van der Waals surface area contributed by atoms with E-state index in [-0.39, 0.29) is 0 Å². The second-order valence-electron chi connectivity index (χ2n) is 7.90. The number of rotatable bonds is 9. The highest BCUT2D eigenvalue weighted by molar-refractivity contribution is 7.98. The van der Waals surface area contributed by atoms with Gasteiger partial charge in [-0.25, -0.2) is 4.98 Å². The molecule has 164 valence electrons. The molecule has 0 aliphatic rings. The van der Waals surface area contributed by atoms with Crippen molar-refractivity contribution in [3.8, 4) is 11.3 Å². The van der Waals surface area contributed by atoms with Crippen molar-refractivity contribution in [2.45, 2.75) is 17.9 Å². The molecular weight excluding hydrogens is 437 g/mol. The van der Waals surface area contributed by atoms with Gasteiger partial charge in [0.15, 0.2) is 5.65 Å². The highest BCUT2D eigenvalue weighted by Crippen LogP contribution is 2.28. The van der Waals surface area contributed by atoms with E-state index >= 15 is 0 Å². The predicted molar refractivity (Wildman–Crippen MR) is 139 cm³/mol. The van der Waals surface area contributed by atoms with Gasteiger partial charge in [-0.1, -0.05) is 48.0 Å². The zero-order valence-electron chi connectivity index (χ0n) is 18.7. The molecule has 0 bridgehead atoms. The van der Waals surface area contributed by atoms with Gasteiger partial charge in [0.1, 0.15) is 13.7 Å². The zero-order valence-corrected chi connectivity index (χ0v) is 20.2. The average Bonchev–Trinajstić information content (AvgIpc) is 3.18. The summed E-state index contributed by atoms with van der Waals surface area (Å²) in [5.74, 6) is 0.924. The topological polar surface area (TPSA) is 45.5 Å². The predicted octanol–water partition coefficient (Wildman–Crippen LogP) is 3.96. The molecule has 2 heterocycles. The molecule has 0 spiro atoms. The lowest BCUT2D eigenvalue weighted by Crippen LogP contribution is -2.22. The van der Waals surface area contributed by atoms with Crippen LogP contribution in [0.3, 0.4) is 0 Å². The molecule has 32 heavy (non-hydrogen) atoms. The lowest BCUT2D eigenvalue weighted by molar-refractivity contribution is 0.323. The van der Waals surface area contributed by atoms with Crippen molar-refractivity contribution in [3.05, 3.63) is 71.4 Å². The van der Waals surface area contributed by atoms with E-state index in [1.807, 2.05) is 48.9 Å². The first kappa shape index (κ1) is 22.7. The molecule has 8 heteroatoms. The first-order valence-electron chi connectivity index (χ1n) is 10.7. The van der Waals surface area contributed by atoms with Crippen LogP contribution in [0.15, 0.2) is 65.7 Å². The third kappa shape index (κ3) is 5.12. The van der Waals surface area contributed by atoms with Gasteiger partial charge in [-0.15, -0.1) is 11.8 Å². The maximum atomic E-state index is 6.44. The lowest BCUT2D eigenvalue weighted by atomic mass is 10.0. The van der Waals surface area contributed by atoms with Crippen molar-refractivity contribution in [2.75, 3.05) is 31.7 Å². The molecule has 0 saturated heterocycles. The largest absolute Gasteiger partial charge is 0.370 e. The number of benzene rings is 2. The number of aromatic nitrogens is 3. The molecule has 1 N–H and O–H groups in total. The maximum absolute atomic E-state index is 6.44. The van der Waals surface area contributed by atoms with Crippen LogP contribution in [-0.4, -0.2) is 53.7 Å². The van der Waals surface area contributed by atoms with Crippen LogP contribution in [0.5, 0.6) is 0 Å². The molecule has 0 aliphatic carbocycles. The van der Waals surface area contributed by atoms with Crippen molar-refractivity contribution < 1.29 is 0 Å². The van der Waals surface area contributed by atoms with Gasteiger partial charge < -0.3 is 10.2 Å². The third-order valence-corrected chi connectivity index (χ3v) is 6.62. The molecule has 0 saturated carbocycles. The summed E-state index contributed by atoms with van der Waals surface area (Å²) in [5.41, 5.74) is 5.03. The highest BCUT2D eigenvalue weighted by Gasteiger charge is 2.12. The molecule has 0 fully saturated rings. The maximum Gasteiger partial charge on any atom is 0.151 e. The number of hydrogen-bond acceptors (Lipinski definition) is 5. The fourth-order valence-electron chi connectivity index (χ4n) is 3.77. The third-order valence-electron chi connectivity index (χ3n) is 5.45. The quantitative estimate of drug-likeness (QED) is 0.231. The number of halogens is 1. The van der Waals surface area contributed by atoms with Gasteiger partial charge >= 0.3 is 0 Å². The van der Waals surface area contributed by atoms with E-state index in [0.717, 1.165) is 54.2 Å². The summed E-state index contributed by atoms with van der Waals surface area (Å²) >= 11 is 8.24. The Morgan fingerprint density at radius 3 is 2.75 bits per heavy atom. The van der Waals surface area contributed by atoms with E-state index in [1.54, 1.807) is 11.8 Å². The molecule has 0 amide bonds. The smallest absolute Gasteiger partial charge is 0.151 e. The monoisotopic (exact) mass is 463 g/mol. The van der Waals surface area contributed by atoms with Crippen LogP contribution >= 0.6 is 23.4 Å². The Kier molecular flexibility index (Phi) is 7.40. The summed E-state index contributed by atoms with van der Waals surface area (Å²) in [6, 6.07) is 18.4. The fourth-order valence-corrected chi connectivity index (χ4v) is 4.62. The van der Waals surface area contributed by atoms with Crippen LogP contribution < -0.4 is 10.8 Å². The summed E-state index contributed by atoms with van der Waals surface area (Å²) in [4.78, 5) is 8.52. The van der Waals surface area contributed by atoms with Gasteiger partial charge in [0.25, 0.3) is 0 Å². The summed E-state index contributed by atoms with van der Waals surface area (Å²) in [5, 5.41) is 8.76. The Hall–Kier alpha value is -2.48. The number of thioether (sulfide) groups is 1. The fraction of sp³-hybridized carbons (Fsp3) is 0.250. The molecule has 2 aromatic carbocycles. The zero-order chi connectivity index (χ0) is 22.5. The minimum absolute atomic E-state index is 0.694. The van der Waals surface area contributed by atoms with Crippen molar-refractivity contribution in [1.82, 2.24) is 19.5 Å². The Labute approximate surface area is 199 Å². The van der Waals surface area contributed by atoms with Gasteiger partial charge in [0.05, 0.1) is 5.69 Å². The molecule has 0 atom stereocenters. The van der Waals surface area contributed by atoms with Crippen LogP contribution in [0.25, 0.3) is 16.9 Å². The van der Waals surface area contributed by atoms with E-state index in [1.165, 1.54) is 10.5 Å². The SMILES string of the molecule is Bc1cnn2c(NCCCN(C)Cc3ccccc3SC)cc(-c3ccccc3Cl)nc12. The van der Waals surface area contributed by atoms with E-state index in [4.69, 9.17) is 16.6 Å². The first-order chi connectivity index (χ1) is 15.6. The minimum Gasteiger partial charge on any atom is -0.370 e. The molecule has 0 unspecified atom stereocenters. The molecule has 2 aromatic heterocycles. The standard InChI is InChI=1S/C24H27BClN5S/c1-30(16-17-8-3-6-11-22(17)32-2)13-7-12-27-23-14-21(18-9-4-5-10-20(18)26)29-24-19(25)15-28-31(23)24/h3-6,8-11,14-15,27H,7,12-13,16,25H2,1-2H3. The van der Waals surface area contributed by atoms with Gasteiger partial charge in [-0.2, -0.15) is 9.61 Å². The highest BCUT2D eigenvalue weighted by atomic mass is 35.5. The second kappa shape index (κ2) is 10.4. The molecule has 0 aliphatic heterocycles. The first-order valence-corrected chi connectivity index (χ1v) is 12.3. The normalized spacial score (nSPS) is 11.4. The molecule has 4 rings (SSSR count). The van der Waals surface area contributed by atoms with E-state index in [9.17, 15) is 0 Å². The number of fused-ring (bicyclic) bond motifs is 1. The van der Waals surface area contributed by atoms with Crippen LogP contribution in [0.4, 0.5) is 5.82 Å². The van der Waals surface area contributed by atoms with E-state index in [0.29, 0.717) is 5.02 Å². The van der Waals surface area contributed by atoms with Crippen LogP contribution in [0.1, 0.15) is 12.0 Å². The second-order valence-corrected chi connectivity index (χ2v) is 9.15. The molecule has 4 aromatic rings. The van der Waals surface area contributed by atoms with Crippen molar-refractivity contribution >= 4 is 48.1 Å². The number of hydrogen-bond donors (Lipinski definition) is 1. The summed E-state index contributed by atoms with van der Waals surface area (Å²) in [7, 11) is 4.20.